The molecule has 0 N–H and O–H groups in total. The van der Waals surface area contributed by atoms with Gasteiger partial charge in [-0.2, -0.15) is 0 Å². The average Bonchev–Trinajstić information content (AvgIpc) is 3.02. The fourth-order valence-corrected chi connectivity index (χ4v) is 3.83. The Labute approximate surface area is 103 Å². The molecule has 0 radical (unpaired) electrons. The van der Waals surface area contributed by atoms with Crippen LogP contribution in [0.25, 0.3) is 0 Å². The van der Waals surface area contributed by atoms with Gasteiger partial charge < -0.3 is 0 Å². The van der Waals surface area contributed by atoms with Crippen LogP contribution in [0.1, 0.15) is 24.5 Å². The van der Waals surface area contributed by atoms with E-state index in [1.165, 1.54) is 18.4 Å². The maximum atomic E-state index is 6.21. The third kappa shape index (κ3) is 3.77. The molecule has 1 fully saturated rings. The molecule has 1 aliphatic carbocycles. The molecule has 16 heavy (non-hydrogen) atoms. The molecule has 1 unspecified atom stereocenters. The molecule has 2 rings (SSSR count). The van der Waals surface area contributed by atoms with Gasteiger partial charge in [0.05, 0.1) is 0 Å². The van der Waals surface area contributed by atoms with Crippen molar-refractivity contribution in [1.29, 1.82) is 0 Å². The quantitative estimate of drug-likeness (QED) is 0.743. The van der Waals surface area contributed by atoms with Crippen molar-refractivity contribution in [2.75, 3.05) is 4.62 Å². The van der Waals surface area contributed by atoms with Crippen molar-refractivity contribution in [3.63, 3.8) is 0 Å². The molecular formula is C14H22OSn. The first-order chi connectivity index (χ1) is 7.56. The molecule has 1 nitrogen and oxygen atoms in total. The van der Waals surface area contributed by atoms with Crippen LogP contribution in [0.3, 0.4) is 0 Å². The standard InChI is InChI=1S/C11H13O.3CH3.Sn/c1-12-11(10-7-8-10)9-5-3-2-4-6-9;;;;/h2-6,10-11H,1,7-8H2;3*1H3;. The van der Waals surface area contributed by atoms with Crippen LogP contribution < -0.4 is 0 Å². The van der Waals surface area contributed by atoms with Gasteiger partial charge in [0.1, 0.15) is 0 Å². The van der Waals surface area contributed by atoms with Gasteiger partial charge in [0, 0.05) is 0 Å². The van der Waals surface area contributed by atoms with E-state index in [2.05, 4.69) is 45.2 Å². The average molecular weight is 325 g/mol. The molecule has 88 valence electrons. The van der Waals surface area contributed by atoms with E-state index in [-0.39, 0.29) is 0 Å². The van der Waals surface area contributed by atoms with E-state index in [0.29, 0.717) is 6.10 Å². The van der Waals surface area contributed by atoms with Gasteiger partial charge >= 0.3 is 103 Å². The molecule has 0 spiro atoms. The third-order valence-corrected chi connectivity index (χ3v) is 5.82. The maximum absolute atomic E-state index is 6.21. The summed E-state index contributed by atoms with van der Waals surface area (Å²) in [6.45, 7) is 0. The summed E-state index contributed by atoms with van der Waals surface area (Å²) in [6.07, 6.45) is 3.07. The third-order valence-electron chi connectivity index (χ3n) is 2.87. The van der Waals surface area contributed by atoms with Crippen LogP contribution in [0.15, 0.2) is 30.3 Å². The number of hydrogen-bond donors (Lipinski definition) is 0. The van der Waals surface area contributed by atoms with Crippen LogP contribution in [0, 0.1) is 5.92 Å². The molecule has 1 aliphatic rings. The molecule has 0 aromatic heterocycles. The molecule has 0 aliphatic heterocycles. The second-order valence-electron chi connectivity index (χ2n) is 6.04. The SMILES string of the molecule is [CH3][Sn]([CH3])([CH3])[CH2]OC(c1ccccc1)C1CC1. The first kappa shape index (κ1) is 12.4. The van der Waals surface area contributed by atoms with Crippen molar-refractivity contribution >= 4 is 18.4 Å². The summed E-state index contributed by atoms with van der Waals surface area (Å²) in [4.78, 5) is 7.30. The Balaban J connectivity index is 2.01. The van der Waals surface area contributed by atoms with Gasteiger partial charge in [-0.05, 0) is 0 Å². The van der Waals surface area contributed by atoms with Crippen molar-refractivity contribution < 1.29 is 4.74 Å². The molecule has 2 heteroatoms. The van der Waals surface area contributed by atoms with Crippen LogP contribution in [-0.4, -0.2) is 23.0 Å². The van der Waals surface area contributed by atoms with Gasteiger partial charge in [0.25, 0.3) is 0 Å². The van der Waals surface area contributed by atoms with E-state index < -0.39 is 18.4 Å². The monoisotopic (exact) mass is 326 g/mol. The van der Waals surface area contributed by atoms with Crippen molar-refractivity contribution in [1.82, 2.24) is 0 Å². The van der Waals surface area contributed by atoms with Gasteiger partial charge in [-0.3, -0.25) is 0 Å². The van der Waals surface area contributed by atoms with Gasteiger partial charge in [-0.1, -0.05) is 0 Å². The fourth-order valence-electron chi connectivity index (χ4n) is 1.89. The summed E-state index contributed by atoms with van der Waals surface area (Å²) in [7, 11) is 0. The predicted molar refractivity (Wildman–Crippen MR) is 71.2 cm³/mol. The molecule has 1 atom stereocenters. The summed E-state index contributed by atoms with van der Waals surface area (Å²) in [5.41, 5.74) is 1.38. The second-order valence-corrected chi connectivity index (χ2v) is 21.5. The Hall–Kier alpha value is -0.0213. The van der Waals surface area contributed by atoms with Gasteiger partial charge in [0.2, 0.25) is 0 Å². The summed E-state index contributed by atoms with van der Waals surface area (Å²) >= 11 is -1.78. The topological polar surface area (TPSA) is 9.23 Å². The molecule has 1 aromatic rings. The molecule has 0 heterocycles. The van der Waals surface area contributed by atoms with E-state index >= 15 is 0 Å². The van der Waals surface area contributed by atoms with Crippen LogP contribution >= 0.6 is 0 Å². The first-order valence-corrected chi connectivity index (χ1v) is 16.8. The van der Waals surface area contributed by atoms with Crippen LogP contribution in [0.4, 0.5) is 0 Å². The van der Waals surface area contributed by atoms with Crippen LogP contribution in [-0.2, 0) is 4.74 Å². The molecule has 0 saturated heterocycles. The van der Waals surface area contributed by atoms with Crippen molar-refractivity contribution in [2.24, 2.45) is 5.92 Å². The van der Waals surface area contributed by atoms with E-state index in [4.69, 9.17) is 4.74 Å². The van der Waals surface area contributed by atoms with E-state index in [1.54, 1.807) is 0 Å². The molecule has 0 amide bonds. The second kappa shape index (κ2) is 5.09. The van der Waals surface area contributed by atoms with E-state index in [0.717, 1.165) is 10.5 Å². The van der Waals surface area contributed by atoms with E-state index in [1.807, 2.05) is 0 Å². The predicted octanol–water partition coefficient (Wildman–Crippen LogP) is 4.03. The van der Waals surface area contributed by atoms with Crippen molar-refractivity contribution in [3.05, 3.63) is 35.9 Å². The Bertz CT molecular complexity index is 324. The zero-order valence-corrected chi connectivity index (χ0v) is 13.4. The minimum absolute atomic E-state index is 0.372. The minimum atomic E-state index is -1.78. The Morgan fingerprint density at radius 1 is 1.19 bits per heavy atom. The van der Waals surface area contributed by atoms with Crippen molar-refractivity contribution in [2.45, 2.75) is 33.8 Å². The fraction of sp³-hybridized carbons (Fsp3) is 0.571. The van der Waals surface area contributed by atoms with Crippen LogP contribution in [0.5, 0.6) is 0 Å². The first-order valence-electron chi connectivity index (χ1n) is 6.23. The summed E-state index contributed by atoms with van der Waals surface area (Å²) in [5.74, 6) is 0.788. The summed E-state index contributed by atoms with van der Waals surface area (Å²) in [5, 5.41) is 0. The number of hydrogen-bond acceptors (Lipinski definition) is 1. The summed E-state index contributed by atoms with van der Waals surface area (Å²) < 4.78 is 7.26. The molecule has 1 saturated carbocycles. The zero-order chi connectivity index (χ0) is 11.6. The normalized spacial score (nSPS) is 18.4. The van der Waals surface area contributed by atoms with Gasteiger partial charge in [-0.25, -0.2) is 0 Å². The Kier molecular flexibility index (Phi) is 3.96. The Morgan fingerprint density at radius 2 is 1.81 bits per heavy atom. The van der Waals surface area contributed by atoms with E-state index in [9.17, 15) is 0 Å². The number of ether oxygens (including phenoxy) is 1. The Morgan fingerprint density at radius 3 is 2.31 bits per heavy atom. The summed E-state index contributed by atoms with van der Waals surface area (Å²) in [6, 6.07) is 10.7. The number of rotatable bonds is 5. The number of benzene rings is 1. The molecule has 1 aromatic carbocycles. The van der Waals surface area contributed by atoms with Crippen molar-refractivity contribution in [3.8, 4) is 0 Å². The van der Waals surface area contributed by atoms with Gasteiger partial charge in [0.15, 0.2) is 0 Å². The van der Waals surface area contributed by atoms with Crippen LogP contribution in [0.2, 0.25) is 14.8 Å². The molecule has 0 bridgehead atoms. The zero-order valence-electron chi connectivity index (χ0n) is 10.6. The van der Waals surface area contributed by atoms with Gasteiger partial charge in [-0.15, -0.1) is 0 Å². The molecular weight excluding hydrogens is 303 g/mol.